The van der Waals surface area contributed by atoms with Gasteiger partial charge in [0.15, 0.2) is 11.6 Å². The van der Waals surface area contributed by atoms with Crippen LogP contribution in [0.2, 0.25) is 5.02 Å². The molecule has 196 valence electrons. The molecule has 13 heteroatoms. The first kappa shape index (κ1) is 26.3. The smallest absolute Gasteiger partial charge is 0.407 e. The van der Waals surface area contributed by atoms with Gasteiger partial charge in [-0.1, -0.05) is 18.0 Å². The van der Waals surface area contributed by atoms with Gasteiger partial charge in [-0.05, 0) is 44.0 Å². The van der Waals surface area contributed by atoms with Gasteiger partial charge in [-0.3, -0.25) is 4.90 Å². The monoisotopic (exact) mass is 542 g/mol. The number of amides is 1. The first-order valence-electron chi connectivity index (χ1n) is 10.9. The van der Waals surface area contributed by atoms with E-state index in [0.717, 1.165) is 31.4 Å². The normalized spacial score (nSPS) is 17.0. The number of rotatable bonds is 4. The maximum absolute atomic E-state index is 14.5. The molecule has 0 radical (unpaired) electrons. The van der Waals surface area contributed by atoms with Crippen LogP contribution in [0.15, 0.2) is 24.3 Å². The Kier molecular flexibility index (Phi) is 6.55. The van der Waals surface area contributed by atoms with E-state index in [1.54, 1.807) is 0 Å². The summed E-state index contributed by atoms with van der Waals surface area (Å²) in [5, 5.41) is -0.948. The zero-order valence-corrected chi connectivity index (χ0v) is 19.4. The van der Waals surface area contributed by atoms with Crippen molar-refractivity contribution in [2.75, 3.05) is 29.4 Å². The summed E-state index contributed by atoms with van der Waals surface area (Å²) in [6.45, 7) is 1.42. The number of ether oxygens (including phenoxy) is 1. The second kappa shape index (κ2) is 8.97. The molecule has 2 fully saturated rings. The van der Waals surface area contributed by atoms with Crippen LogP contribution in [0.5, 0.6) is 5.75 Å². The largest absolute Gasteiger partial charge is 0.420 e. The number of hydrogen-bond donors (Lipinski definition) is 0. The van der Waals surface area contributed by atoms with Crippen LogP contribution in [-0.2, 0) is 12.4 Å². The highest BCUT2D eigenvalue weighted by Gasteiger charge is 2.50. The first-order chi connectivity index (χ1) is 16.7. The van der Waals surface area contributed by atoms with Gasteiger partial charge in [0.05, 0.1) is 16.9 Å². The van der Waals surface area contributed by atoms with Crippen LogP contribution in [0, 0.1) is 17.0 Å². The summed E-state index contributed by atoms with van der Waals surface area (Å²) in [5.41, 5.74) is -4.66. The quantitative estimate of drug-likeness (QED) is 0.293. The summed E-state index contributed by atoms with van der Waals surface area (Å²) in [7, 11) is 0. The van der Waals surface area contributed by atoms with E-state index in [0.29, 0.717) is 11.0 Å². The van der Waals surface area contributed by atoms with E-state index < -0.39 is 63.4 Å². The van der Waals surface area contributed by atoms with Crippen molar-refractivity contribution in [1.29, 1.82) is 0 Å². The van der Waals surface area contributed by atoms with Gasteiger partial charge in [0, 0.05) is 25.0 Å². The van der Waals surface area contributed by atoms with Crippen LogP contribution in [-0.4, -0.2) is 25.7 Å². The Labute approximate surface area is 205 Å². The van der Waals surface area contributed by atoms with Crippen molar-refractivity contribution >= 4 is 29.1 Å². The number of carbonyl (C=O) groups excluding carboxylic acids is 1. The molecule has 0 aromatic heterocycles. The molecule has 2 aromatic carbocycles. The highest BCUT2D eigenvalue weighted by molar-refractivity contribution is 6.31. The van der Waals surface area contributed by atoms with Crippen molar-refractivity contribution in [2.45, 2.75) is 38.5 Å². The zero-order chi connectivity index (χ0) is 26.6. The van der Waals surface area contributed by atoms with E-state index in [9.17, 15) is 39.9 Å². The highest BCUT2D eigenvalue weighted by atomic mass is 35.5. The lowest BCUT2D eigenvalue weighted by atomic mass is 9.63. The van der Waals surface area contributed by atoms with Crippen molar-refractivity contribution in [3.8, 4) is 5.75 Å². The molecular weight excluding hydrogens is 524 g/mol. The van der Waals surface area contributed by atoms with Crippen molar-refractivity contribution in [3.63, 3.8) is 0 Å². The van der Waals surface area contributed by atoms with Gasteiger partial charge in [0.2, 0.25) is 0 Å². The topological polar surface area (TPSA) is 32.8 Å². The summed E-state index contributed by atoms with van der Waals surface area (Å²) in [4.78, 5) is 14.8. The van der Waals surface area contributed by atoms with Crippen LogP contribution in [0.4, 0.5) is 51.3 Å². The molecule has 2 aromatic rings. The number of alkyl halides is 6. The molecule has 1 aliphatic heterocycles. The van der Waals surface area contributed by atoms with E-state index in [1.165, 1.54) is 11.8 Å². The second-order valence-corrected chi connectivity index (χ2v) is 9.26. The Balaban J connectivity index is 1.78. The van der Waals surface area contributed by atoms with Crippen LogP contribution in [0.1, 0.15) is 37.3 Å². The molecule has 1 heterocycles. The lowest BCUT2D eigenvalue weighted by Crippen LogP contribution is -2.60. The van der Waals surface area contributed by atoms with Crippen molar-refractivity contribution in [2.24, 2.45) is 5.41 Å². The Morgan fingerprint density at radius 1 is 1.08 bits per heavy atom. The average Bonchev–Trinajstić information content (AvgIpc) is 2.71. The van der Waals surface area contributed by atoms with Crippen molar-refractivity contribution in [3.05, 3.63) is 52.0 Å². The number of nitrogens with zero attached hydrogens (tertiary/aromatic N) is 2. The fourth-order valence-electron chi connectivity index (χ4n) is 4.52. The molecule has 0 bridgehead atoms. The molecule has 1 amide bonds. The minimum absolute atomic E-state index is 0.128. The van der Waals surface area contributed by atoms with Crippen molar-refractivity contribution < 1.29 is 44.7 Å². The third-order valence-electron chi connectivity index (χ3n) is 6.54. The molecule has 1 saturated heterocycles. The number of benzene rings is 2. The molecule has 1 aliphatic carbocycles. The Morgan fingerprint density at radius 2 is 1.72 bits per heavy atom. The molecule has 36 heavy (non-hydrogen) atoms. The maximum atomic E-state index is 14.5. The van der Waals surface area contributed by atoms with Crippen LogP contribution in [0.3, 0.4) is 0 Å². The summed E-state index contributed by atoms with van der Waals surface area (Å²) in [5.74, 6) is -3.61. The standard InChI is InChI=1S/C23H19ClF8N2O2/c1-2-34(15-5-4-14(25)17(24)18(15)26)20(35)36-19-13(23(30,31)32)8-12(22(27,28)29)9-16(19)33-10-21(11-33)6-3-7-21/h4-5,8-9H,2-3,6-7,10-11H2,1H3. The zero-order valence-electron chi connectivity index (χ0n) is 18.7. The SMILES string of the molecule is CCN(C(=O)Oc1c(N2CC3(CCC3)C2)cc(C(F)(F)F)cc1C(F)(F)F)c1ccc(F)c(Cl)c1F. The minimum Gasteiger partial charge on any atom is -0.407 e. The molecule has 0 atom stereocenters. The fourth-order valence-corrected chi connectivity index (χ4v) is 4.68. The van der Waals surface area contributed by atoms with Gasteiger partial charge in [-0.2, -0.15) is 26.3 Å². The molecule has 2 aliphatic rings. The molecule has 1 spiro atoms. The van der Waals surface area contributed by atoms with E-state index >= 15 is 0 Å². The van der Waals surface area contributed by atoms with Crippen LogP contribution >= 0.6 is 11.6 Å². The predicted molar refractivity (Wildman–Crippen MR) is 115 cm³/mol. The number of anilines is 2. The van der Waals surface area contributed by atoms with Gasteiger partial charge in [0.1, 0.15) is 16.4 Å². The highest BCUT2D eigenvalue weighted by Crippen LogP contribution is 2.53. The lowest BCUT2D eigenvalue weighted by Gasteiger charge is -2.57. The number of halogens is 9. The Bertz CT molecular complexity index is 1190. The van der Waals surface area contributed by atoms with E-state index in [4.69, 9.17) is 16.3 Å². The van der Waals surface area contributed by atoms with Crippen LogP contribution in [0.25, 0.3) is 0 Å². The van der Waals surface area contributed by atoms with Crippen LogP contribution < -0.4 is 14.5 Å². The first-order valence-corrected chi connectivity index (χ1v) is 11.2. The second-order valence-electron chi connectivity index (χ2n) is 8.88. The summed E-state index contributed by atoms with van der Waals surface area (Å²) < 4.78 is 115. The maximum Gasteiger partial charge on any atom is 0.420 e. The number of hydrogen-bond acceptors (Lipinski definition) is 3. The van der Waals surface area contributed by atoms with E-state index in [1.807, 2.05) is 0 Å². The van der Waals surface area contributed by atoms with E-state index in [-0.39, 0.29) is 31.1 Å². The Morgan fingerprint density at radius 3 is 2.22 bits per heavy atom. The third-order valence-corrected chi connectivity index (χ3v) is 6.89. The van der Waals surface area contributed by atoms with Gasteiger partial charge in [-0.25, -0.2) is 13.6 Å². The summed E-state index contributed by atoms with van der Waals surface area (Å²) in [6.07, 6.45) is -9.44. The summed E-state index contributed by atoms with van der Waals surface area (Å²) in [6, 6.07) is 1.97. The molecule has 4 nitrogen and oxygen atoms in total. The molecule has 1 saturated carbocycles. The fraction of sp³-hybridized carbons (Fsp3) is 0.435. The minimum atomic E-state index is -5.31. The van der Waals surface area contributed by atoms with Gasteiger partial charge in [-0.15, -0.1) is 0 Å². The van der Waals surface area contributed by atoms with Crippen molar-refractivity contribution in [1.82, 2.24) is 0 Å². The Hall–Kier alpha value is -2.76. The molecule has 4 rings (SSSR count). The lowest BCUT2D eigenvalue weighted by molar-refractivity contribution is -0.143. The predicted octanol–water partition coefficient (Wildman–Crippen LogP) is 7.67. The van der Waals surface area contributed by atoms with Gasteiger partial charge < -0.3 is 9.64 Å². The molecular formula is C23H19ClF8N2O2. The van der Waals surface area contributed by atoms with Gasteiger partial charge in [0.25, 0.3) is 0 Å². The molecule has 0 unspecified atom stereocenters. The number of carbonyl (C=O) groups is 1. The van der Waals surface area contributed by atoms with E-state index in [2.05, 4.69) is 0 Å². The average molecular weight is 543 g/mol. The third kappa shape index (κ3) is 4.67. The van der Waals surface area contributed by atoms with Gasteiger partial charge >= 0.3 is 18.4 Å². The summed E-state index contributed by atoms with van der Waals surface area (Å²) >= 11 is 5.54. The molecule has 0 N–H and O–H groups in total.